The molecule has 1 N–H and O–H groups in total. The zero-order valence-electron chi connectivity index (χ0n) is 8.17. The molecule has 0 aliphatic carbocycles. The average molecular weight is 263 g/mol. The Bertz CT molecular complexity index is 261. The number of aliphatic hydroxyl groups is 1. The van der Waals surface area contributed by atoms with Crippen LogP contribution in [-0.4, -0.2) is 5.11 Å². The first kappa shape index (κ1) is 11.2. The Labute approximate surface area is 91.9 Å². The van der Waals surface area contributed by atoms with E-state index >= 15 is 0 Å². The number of aliphatic hydroxyl groups excluding tert-OH is 1. The van der Waals surface area contributed by atoms with Gasteiger partial charge < -0.3 is 5.11 Å². The van der Waals surface area contributed by atoms with Crippen LogP contribution in [0.2, 0.25) is 0 Å². The van der Waals surface area contributed by atoms with E-state index in [-0.39, 0.29) is 6.10 Å². The summed E-state index contributed by atoms with van der Waals surface area (Å²) < 4.78 is 1.11. The molecular formula is C10H15BrOS. The van der Waals surface area contributed by atoms with Gasteiger partial charge in [-0.25, -0.2) is 0 Å². The predicted octanol–water partition coefficient (Wildman–Crippen LogP) is 3.90. The van der Waals surface area contributed by atoms with E-state index in [1.165, 1.54) is 4.88 Å². The Balaban J connectivity index is 2.71. The van der Waals surface area contributed by atoms with E-state index in [2.05, 4.69) is 36.7 Å². The molecule has 0 aliphatic rings. The fourth-order valence-corrected chi connectivity index (χ4v) is 2.77. The summed E-state index contributed by atoms with van der Waals surface area (Å²) in [6.07, 6.45) is 0.543. The lowest BCUT2D eigenvalue weighted by Crippen LogP contribution is -1.99. The molecule has 3 heteroatoms. The number of halogens is 1. The molecule has 0 fully saturated rings. The van der Waals surface area contributed by atoms with Gasteiger partial charge >= 0.3 is 0 Å². The lowest BCUT2D eigenvalue weighted by atomic mass is 10.1. The largest absolute Gasteiger partial charge is 0.388 e. The molecule has 0 saturated heterocycles. The van der Waals surface area contributed by atoms with Crippen LogP contribution >= 0.6 is 27.3 Å². The normalized spacial score (nSPS) is 13.7. The van der Waals surface area contributed by atoms with Crippen LogP contribution in [-0.2, 0) is 0 Å². The zero-order valence-corrected chi connectivity index (χ0v) is 10.6. The van der Waals surface area contributed by atoms with Crippen LogP contribution in [0.15, 0.2) is 10.5 Å². The summed E-state index contributed by atoms with van der Waals surface area (Å²) in [5, 5.41) is 9.82. The van der Waals surface area contributed by atoms with E-state index in [4.69, 9.17) is 0 Å². The summed E-state index contributed by atoms with van der Waals surface area (Å²) in [5.41, 5.74) is 0. The number of hydrogen-bond donors (Lipinski definition) is 1. The third-order valence-corrected chi connectivity index (χ3v) is 4.14. The van der Waals surface area contributed by atoms with E-state index in [1.807, 2.05) is 6.07 Å². The van der Waals surface area contributed by atoms with E-state index in [0.717, 1.165) is 15.8 Å². The molecule has 0 amide bonds. The summed E-state index contributed by atoms with van der Waals surface area (Å²) in [5.74, 6) is 0.538. The second-order valence-electron chi connectivity index (χ2n) is 3.70. The third kappa shape index (κ3) is 3.08. The Kier molecular flexibility index (Phi) is 3.95. The van der Waals surface area contributed by atoms with Crippen molar-refractivity contribution in [2.24, 2.45) is 5.92 Å². The summed E-state index contributed by atoms with van der Waals surface area (Å²) >= 11 is 5.12. The maximum absolute atomic E-state index is 9.82. The fraction of sp³-hybridized carbons (Fsp3) is 0.600. The number of hydrogen-bond acceptors (Lipinski definition) is 2. The van der Waals surface area contributed by atoms with Crippen molar-refractivity contribution in [2.45, 2.75) is 33.3 Å². The number of thiophene rings is 1. The van der Waals surface area contributed by atoms with Gasteiger partial charge in [0.1, 0.15) is 0 Å². The van der Waals surface area contributed by atoms with Gasteiger partial charge in [-0.05, 0) is 41.3 Å². The van der Waals surface area contributed by atoms with Crippen molar-refractivity contribution < 1.29 is 5.11 Å². The molecule has 1 unspecified atom stereocenters. The van der Waals surface area contributed by atoms with Crippen molar-refractivity contribution in [3.63, 3.8) is 0 Å². The van der Waals surface area contributed by atoms with Gasteiger partial charge in [-0.15, -0.1) is 11.3 Å². The third-order valence-electron chi connectivity index (χ3n) is 1.90. The van der Waals surface area contributed by atoms with Gasteiger partial charge in [0.2, 0.25) is 0 Å². The highest BCUT2D eigenvalue weighted by atomic mass is 79.9. The predicted molar refractivity (Wildman–Crippen MR) is 61.2 cm³/mol. The molecule has 1 heterocycles. The summed E-state index contributed by atoms with van der Waals surface area (Å²) in [4.78, 5) is 2.30. The second-order valence-corrected chi connectivity index (χ2v) is 5.84. The first-order valence-corrected chi connectivity index (χ1v) is 6.05. The molecule has 0 saturated carbocycles. The molecule has 0 aromatic carbocycles. The average Bonchev–Trinajstić information content (AvgIpc) is 2.31. The first-order valence-electron chi connectivity index (χ1n) is 4.44. The van der Waals surface area contributed by atoms with Crippen LogP contribution < -0.4 is 0 Å². The molecule has 0 spiro atoms. The standard InChI is InChI=1S/C10H15BrOS/c1-6(2)4-9(12)10-5-8(11)7(3)13-10/h5-6,9,12H,4H2,1-3H3. The molecular weight excluding hydrogens is 248 g/mol. The minimum atomic E-state index is -0.296. The molecule has 13 heavy (non-hydrogen) atoms. The van der Waals surface area contributed by atoms with Gasteiger partial charge in [0.15, 0.2) is 0 Å². The monoisotopic (exact) mass is 262 g/mol. The van der Waals surface area contributed by atoms with Gasteiger partial charge in [-0.2, -0.15) is 0 Å². The molecule has 1 aromatic rings. The van der Waals surface area contributed by atoms with Gasteiger partial charge in [-0.3, -0.25) is 0 Å². The van der Waals surface area contributed by atoms with Crippen molar-refractivity contribution in [3.05, 3.63) is 20.3 Å². The highest BCUT2D eigenvalue weighted by molar-refractivity contribution is 9.10. The van der Waals surface area contributed by atoms with E-state index in [9.17, 15) is 5.11 Å². The Morgan fingerprint density at radius 2 is 2.15 bits per heavy atom. The Morgan fingerprint density at radius 1 is 1.54 bits per heavy atom. The van der Waals surface area contributed by atoms with Crippen molar-refractivity contribution in [2.75, 3.05) is 0 Å². The smallest absolute Gasteiger partial charge is 0.0884 e. The van der Waals surface area contributed by atoms with Crippen LogP contribution in [0.4, 0.5) is 0 Å². The molecule has 1 rings (SSSR count). The topological polar surface area (TPSA) is 20.2 Å². The Morgan fingerprint density at radius 3 is 2.54 bits per heavy atom. The Hall–Kier alpha value is 0.140. The summed E-state index contributed by atoms with van der Waals surface area (Å²) in [7, 11) is 0. The summed E-state index contributed by atoms with van der Waals surface area (Å²) in [6, 6.07) is 2.02. The summed E-state index contributed by atoms with van der Waals surface area (Å²) in [6.45, 7) is 6.30. The second kappa shape index (κ2) is 4.58. The van der Waals surface area contributed by atoms with Gasteiger partial charge in [0, 0.05) is 14.2 Å². The molecule has 74 valence electrons. The molecule has 1 aromatic heterocycles. The minimum Gasteiger partial charge on any atom is -0.388 e. The van der Waals surface area contributed by atoms with Crippen LogP contribution in [0.3, 0.4) is 0 Å². The highest BCUT2D eigenvalue weighted by Gasteiger charge is 2.13. The zero-order chi connectivity index (χ0) is 10.0. The van der Waals surface area contributed by atoms with E-state index in [1.54, 1.807) is 11.3 Å². The van der Waals surface area contributed by atoms with Crippen LogP contribution in [0.5, 0.6) is 0 Å². The van der Waals surface area contributed by atoms with Crippen molar-refractivity contribution >= 4 is 27.3 Å². The molecule has 1 nitrogen and oxygen atoms in total. The van der Waals surface area contributed by atoms with Crippen LogP contribution in [0.25, 0.3) is 0 Å². The van der Waals surface area contributed by atoms with Gasteiger partial charge in [-0.1, -0.05) is 13.8 Å². The lowest BCUT2D eigenvalue weighted by Gasteiger charge is -2.10. The van der Waals surface area contributed by atoms with E-state index < -0.39 is 0 Å². The maximum atomic E-state index is 9.82. The molecule has 1 atom stereocenters. The lowest BCUT2D eigenvalue weighted by molar-refractivity contribution is 0.154. The van der Waals surface area contributed by atoms with Crippen LogP contribution in [0.1, 0.15) is 36.1 Å². The van der Waals surface area contributed by atoms with E-state index in [0.29, 0.717) is 5.92 Å². The SMILES string of the molecule is Cc1sc(C(O)CC(C)C)cc1Br. The van der Waals surface area contributed by atoms with Crippen molar-refractivity contribution in [3.8, 4) is 0 Å². The van der Waals surface area contributed by atoms with Crippen molar-refractivity contribution in [1.29, 1.82) is 0 Å². The van der Waals surface area contributed by atoms with Gasteiger partial charge in [0.25, 0.3) is 0 Å². The molecule has 0 aliphatic heterocycles. The molecule has 0 bridgehead atoms. The molecule has 0 radical (unpaired) electrons. The minimum absolute atomic E-state index is 0.296. The number of aryl methyl sites for hydroxylation is 1. The van der Waals surface area contributed by atoms with Gasteiger partial charge in [0.05, 0.1) is 6.10 Å². The highest BCUT2D eigenvalue weighted by Crippen LogP contribution is 2.32. The first-order chi connectivity index (χ1) is 6.00. The van der Waals surface area contributed by atoms with Crippen molar-refractivity contribution in [1.82, 2.24) is 0 Å². The fourth-order valence-electron chi connectivity index (χ4n) is 1.21. The quantitative estimate of drug-likeness (QED) is 0.876. The number of rotatable bonds is 3. The maximum Gasteiger partial charge on any atom is 0.0884 e. The van der Waals surface area contributed by atoms with Crippen LogP contribution in [0, 0.1) is 12.8 Å².